The van der Waals surface area contributed by atoms with E-state index < -0.39 is 0 Å². The summed E-state index contributed by atoms with van der Waals surface area (Å²) in [5, 5.41) is 16.4. The maximum atomic E-state index is 12.1. The fourth-order valence-corrected chi connectivity index (χ4v) is 3.27. The lowest BCUT2D eigenvalue weighted by Crippen LogP contribution is -2.20. The van der Waals surface area contributed by atoms with Crippen LogP contribution in [0.4, 0.5) is 5.69 Å². The van der Waals surface area contributed by atoms with Crippen LogP contribution in [0.25, 0.3) is 0 Å². The van der Waals surface area contributed by atoms with Gasteiger partial charge in [0.25, 0.3) is 5.91 Å². The van der Waals surface area contributed by atoms with Gasteiger partial charge in [0.05, 0.1) is 18.5 Å². The van der Waals surface area contributed by atoms with E-state index in [0.29, 0.717) is 18.2 Å². The van der Waals surface area contributed by atoms with Gasteiger partial charge < -0.3 is 9.88 Å². The molecule has 0 atom stereocenters. The highest BCUT2D eigenvalue weighted by Gasteiger charge is 2.13. The molecule has 3 rings (SSSR count). The zero-order chi connectivity index (χ0) is 21.2. The molecule has 2 N–H and O–H groups in total. The summed E-state index contributed by atoms with van der Waals surface area (Å²) in [6, 6.07) is 11.8. The van der Waals surface area contributed by atoms with Crippen molar-refractivity contribution in [1.29, 1.82) is 0 Å². The van der Waals surface area contributed by atoms with Crippen molar-refractivity contribution >= 4 is 29.6 Å². The van der Waals surface area contributed by atoms with Crippen LogP contribution in [0.15, 0.2) is 71.7 Å². The van der Waals surface area contributed by atoms with Gasteiger partial charge in [0.2, 0.25) is 0 Å². The molecular weight excluding hydrogens is 398 g/mol. The van der Waals surface area contributed by atoms with Gasteiger partial charge in [0.1, 0.15) is 0 Å². The van der Waals surface area contributed by atoms with Crippen LogP contribution in [0.3, 0.4) is 0 Å². The van der Waals surface area contributed by atoms with Gasteiger partial charge >= 0.3 is 0 Å². The Labute approximate surface area is 179 Å². The third-order valence-corrected chi connectivity index (χ3v) is 4.99. The lowest BCUT2D eigenvalue weighted by molar-refractivity contribution is -0.118. The predicted molar refractivity (Wildman–Crippen MR) is 119 cm³/mol. The molecule has 1 amide bonds. The predicted octanol–water partition coefficient (Wildman–Crippen LogP) is 3.02. The number of nitrogens with one attached hydrogen (secondary N) is 2. The van der Waals surface area contributed by atoms with Crippen LogP contribution in [0, 0.1) is 6.92 Å². The first-order valence-electron chi connectivity index (χ1n) is 9.34. The minimum Gasteiger partial charge on any atom is -0.378 e. The molecule has 0 aliphatic rings. The molecule has 1 aromatic carbocycles. The minimum absolute atomic E-state index is 0.172. The highest BCUT2D eigenvalue weighted by atomic mass is 32.2. The summed E-state index contributed by atoms with van der Waals surface area (Å²) in [5.74, 6) is 0.714. The fraction of sp³-hybridized carbons (Fsp3) is 0.190. The Balaban J connectivity index is 1.54. The van der Waals surface area contributed by atoms with E-state index in [1.165, 1.54) is 17.3 Å². The van der Waals surface area contributed by atoms with Crippen molar-refractivity contribution in [2.45, 2.75) is 25.2 Å². The van der Waals surface area contributed by atoms with E-state index in [0.717, 1.165) is 17.1 Å². The average Bonchev–Trinajstić information content (AvgIpc) is 3.14. The van der Waals surface area contributed by atoms with Crippen LogP contribution in [-0.4, -0.2) is 37.6 Å². The van der Waals surface area contributed by atoms with Crippen molar-refractivity contribution < 1.29 is 4.79 Å². The Kier molecular flexibility index (Phi) is 7.73. The van der Waals surface area contributed by atoms with Crippen molar-refractivity contribution in [1.82, 2.24) is 25.2 Å². The molecule has 9 heteroatoms. The van der Waals surface area contributed by atoms with Crippen molar-refractivity contribution in [3.8, 4) is 0 Å². The molecule has 2 aromatic heterocycles. The highest BCUT2D eigenvalue weighted by Crippen LogP contribution is 2.18. The third-order valence-electron chi connectivity index (χ3n) is 4.03. The first-order valence-corrected chi connectivity index (χ1v) is 10.3. The lowest BCUT2D eigenvalue weighted by Gasteiger charge is -2.09. The Morgan fingerprint density at radius 1 is 1.27 bits per heavy atom. The quantitative estimate of drug-likeness (QED) is 0.226. The number of hydrogen-bond acceptors (Lipinski definition) is 7. The monoisotopic (exact) mass is 421 g/mol. The molecule has 0 fully saturated rings. The van der Waals surface area contributed by atoms with Crippen LogP contribution < -0.4 is 10.7 Å². The number of allylic oxidation sites excluding steroid dienone is 1. The van der Waals surface area contributed by atoms with Crippen LogP contribution in [0.1, 0.15) is 17.0 Å². The van der Waals surface area contributed by atoms with Crippen molar-refractivity contribution in [3.63, 3.8) is 0 Å². The van der Waals surface area contributed by atoms with E-state index in [1.807, 2.05) is 41.8 Å². The Hall–Kier alpha value is -3.46. The van der Waals surface area contributed by atoms with Gasteiger partial charge in [-0.1, -0.05) is 41.6 Å². The molecule has 0 saturated carbocycles. The van der Waals surface area contributed by atoms with Crippen LogP contribution in [0.5, 0.6) is 0 Å². The molecule has 154 valence electrons. The van der Waals surface area contributed by atoms with E-state index >= 15 is 0 Å². The molecule has 0 spiro atoms. The number of benzene rings is 1. The van der Waals surface area contributed by atoms with Gasteiger partial charge in [0.15, 0.2) is 11.0 Å². The van der Waals surface area contributed by atoms with Gasteiger partial charge in [-0.3, -0.25) is 9.78 Å². The summed E-state index contributed by atoms with van der Waals surface area (Å²) in [6.45, 7) is 6.93. The molecule has 0 bridgehead atoms. The number of aryl methyl sites for hydroxylation is 1. The number of anilines is 1. The maximum Gasteiger partial charge on any atom is 0.250 e. The molecule has 0 aliphatic carbocycles. The van der Waals surface area contributed by atoms with Crippen LogP contribution in [-0.2, 0) is 17.9 Å². The number of nitrogens with zero attached hydrogens (tertiary/aromatic N) is 5. The molecule has 8 nitrogen and oxygen atoms in total. The minimum atomic E-state index is -0.229. The van der Waals surface area contributed by atoms with E-state index in [4.69, 9.17) is 0 Å². The first-order chi connectivity index (χ1) is 14.7. The molecule has 2 heterocycles. The van der Waals surface area contributed by atoms with Gasteiger partial charge in [-0.15, -0.1) is 16.8 Å². The number of rotatable bonds is 10. The van der Waals surface area contributed by atoms with E-state index in [9.17, 15) is 4.79 Å². The number of aromatic nitrogens is 4. The van der Waals surface area contributed by atoms with Crippen LogP contribution >= 0.6 is 11.8 Å². The maximum absolute atomic E-state index is 12.1. The third kappa shape index (κ3) is 6.28. The second kappa shape index (κ2) is 10.9. The number of pyridine rings is 1. The molecule has 30 heavy (non-hydrogen) atoms. The number of amides is 1. The van der Waals surface area contributed by atoms with Crippen molar-refractivity contribution in [3.05, 3.63) is 78.4 Å². The first kappa shape index (κ1) is 21.3. The molecule has 3 aromatic rings. The van der Waals surface area contributed by atoms with Crippen LogP contribution in [0.2, 0.25) is 0 Å². The van der Waals surface area contributed by atoms with Crippen molar-refractivity contribution in [2.24, 2.45) is 5.10 Å². The molecule has 0 radical (unpaired) electrons. The topological polar surface area (TPSA) is 97.1 Å². The largest absolute Gasteiger partial charge is 0.378 e. The number of thioether (sulfide) groups is 1. The summed E-state index contributed by atoms with van der Waals surface area (Å²) in [7, 11) is 0. The Bertz CT molecular complexity index is 1000. The second-order valence-corrected chi connectivity index (χ2v) is 7.33. The summed E-state index contributed by atoms with van der Waals surface area (Å²) < 4.78 is 1.94. The summed E-state index contributed by atoms with van der Waals surface area (Å²) in [6.07, 6.45) is 6.66. The Morgan fingerprint density at radius 2 is 2.10 bits per heavy atom. The van der Waals surface area contributed by atoms with Gasteiger partial charge in [0, 0.05) is 30.2 Å². The zero-order valence-corrected chi connectivity index (χ0v) is 17.5. The number of hydrazone groups is 1. The molecule has 0 aliphatic heterocycles. The molecule has 0 unspecified atom stereocenters. The van der Waals surface area contributed by atoms with Gasteiger partial charge in [-0.05, 0) is 25.1 Å². The van der Waals surface area contributed by atoms with E-state index in [-0.39, 0.29) is 11.7 Å². The lowest BCUT2D eigenvalue weighted by atomic mass is 10.2. The van der Waals surface area contributed by atoms with E-state index in [2.05, 4.69) is 37.6 Å². The normalized spacial score (nSPS) is 10.8. The average molecular weight is 422 g/mol. The molecule has 0 saturated heterocycles. The number of hydrogen-bond donors (Lipinski definition) is 2. The highest BCUT2D eigenvalue weighted by molar-refractivity contribution is 7.99. The smallest absolute Gasteiger partial charge is 0.250 e. The van der Waals surface area contributed by atoms with Gasteiger partial charge in [-0.2, -0.15) is 5.10 Å². The Morgan fingerprint density at radius 3 is 2.83 bits per heavy atom. The summed E-state index contributed by atoms with van der Waals surface area (Å²) in [4.78, 5) is 16.1. The number of carbonyl (C=O) groups excluding carboxylic acids is 1. The second-order valence-electron chi connectivity index (χ2n) is 6.39. The van der Waals surface area contributed by atoms with Gasteiger partial charge in [-0.25, -0.2) is 5.43 Å². The fourth-order valence-electron chi connectivity index (χ4n) is 2.52. The standard InChI is InChI=1S/C21H23N7OS/c1-3-11-28-19(14-23-18-8-6-16(2)7-9-18)25-27-21(28)30-15-20(29)26-24-13-17-5-4-10-22-12-17/h3-10,12-13,23H,1,11,14-15H2,2H3,(H,26,29). The SMILES string of the molecule is C=CCn1c(CNc2ccc(C)cc2)nnc1SCC(=O)NN=Cc1cccnc1. The number of carbonyl (C=O) groups is 1. The zero-order valence-electron chi connectivity index (χ0n) is 16.7. The van der Waals surface area contributed by atoms with E-state index in [1.54, 1.807) is 30.8 Å². The summed E-state index contributed by atoms with van der Waals surface area (Å²) in [5.41, 5.74) is 5.52. The summed E-state index contributed by atoms with van der Waals surface area (Å²) >= 11 is 1.30. The van der Waals surface area contributed by atoms with Crippen molar-refractivity contribution in [2.75, 3.05) is 11.1 Å². The molecular formula is C21H23N7OS.